The van der Waals surface area contributed by atoms with Crippen LogP contribution in [0, 0.1) is 0 Å². The molecule has 4 heteroatoms. The van der Waals surface area contributed by atoms with E-state index < -0.39 is 11.3 Å². The molecule has 0 radical (unpaired) electrons. The third-order valence-corrected chi connectivity index (χ3v) is 3.58. The lowest BCUT2D eigenvalue weighted by Gasteiger charge is -2.44. The quantitative estimate of drug-likeness (QED) is 0.666. The first-order valence-electron chi connectivity index (χ1n) is 5.24. The van der Waals surface area contributed by atoms with Crippen molar-refractivity contribution in [3.05, 3.63) is 0 Å². The van der Waals surface area contributed by atoms with E-state index >= 15 is 0 Å². The van der Waals surface area contributed by atoms with Crippen LogP contribution in [-0.4, -0.2) is 44.8 Å². The van der Waals surface area contributed by atoms with Crippen LogP contribution in [0.15, 0.2) is 0 Å². The molecule has 0 aromatic heterocycles. The number of aliphatic hydroxyl groups is 1. The van der Waals surface area contributed by atoms with Crippen molar-refractivity contribution >= 4 is 6.03 Å². The predicted molar refractivity (Wildman–Crippen MR) is 59.5 cm³/mol. The summed E-state index contributed by atoms with van der Waals surface area (Å²) in [5.41, 5.74) is -2.13. The van der Waals surface area contributed by atoms with E-state index in [2.05, 4.69) is 0 Å². The van der Waals surface area contributed by atoms with Gasteiger partial charge < -0.3 is 10.0 Å². The van der Waals surface area contributed by atoms with Crippen molar-refractivity contribution in [2.75, 3.05) is 7.05 Å². The fourth-order valence-corrected chi connectivity index (χ4v) is 2.11. The lowest BCUT2D eigenvalue weighted by atomic mass is 9.89. The summed E-state index contributed by atoms with van der Waals surface area (Å²) in [4.78, 5) is 15.2. The molecule has 1 rings (SSSR count). The topological polar surface area (TPSA) is 43.8 Å². The minimum atomic E-state index is -1.16. The van der Waals surface area contributed by atoms with E-state index in [0.29, 0.717) is 0 Å². The standard InChI is InChI=1S/C11H22N2O2/c1-9(2,3)13-8(14)12(7)10(4,5)11(13,6)15/h15H,1-7H3. The van der Waals surface area contributed by atoms with E-state index in [0.717, 1.165) is 0 Å². The molecule has 2 amide bonds. The van der Waals surface area contributed by atoms with Crippen LogP contribution in [0.4, 0.5) is 4.79 Å². The Kier molecular flexibility index (Phi) is 2.36. The predicted octanol–water partition coefficient (Wildman–Crippen LogP) is 1.64. The van der Waals surface area contributed by atoms with Crippen LogP contribution in [-0.2, 0) is 0 Å². The Morgan fingerprint density at radius 2 is 1.60 bits per heavy atom. The van der Waals surface area contributed by atoms with Gasteiger partial charge in [0.25, 0.3) is 0 Å². The fraction of sp³-hybridized carbons (Fsp3) is 0.909. The molecule has 0 aromatic rings. The number of likely N-dealkylation sites (N-methyl/N-ethyl adjacent to an activating group) is 1. The van der Waals surface area contributed by atoms with E-state index in [-0.39, 0.29) is 11.6 Å². The van der Waals surface area contributed by atoms with Crippen LogP contribution < -0.4 is 0 Å². The minimum absolute atomic E-state index is 0.127. The fourth-order valence-electron chi connectivity index (χ4n) is 2.11. The van der Waals surface area contributed by atoms with Gasteiger partial charge in [0.05, 0.1) is 5.54 Å². The summed E-state index contributed by atoms with van der Waals surface area (Å²) in [6.45, 7) is 11.2. The number of urea groups is 1. The molecule has 0 aliphatic carbocycles. The maximum Gasteiger partial charge on any atom is 0.323 e. The second kappa shape index (κ2) is 2.88. The highest BCUT2D eigenvalue weighted by molar-refractivity contribution is 5.80. The number of carbonyl (C=O) groups excluding carboxylic acids is 1. The van der Waals surface area contributed by atoms with Crippen molar-refractivity contribution in [3.8, 4) is 0 Å². The molecule has 1 fully saturated rings. The first-order valence-corrected chi connectivity index (χ1v) is 5.24. The normalized spacial score (nSPS) is 31.3. The maximum absolute atomic E-state index is 12.1. The molecule has 4 nitrogen and oxygen atoms in total. The monoisotopic (exact) mass is 214 g/mol. The molecule has 1 aliphatic heterocycles. The average Bonchev–Trinajstić information content (AvgIpc) is 2.08. The van der Waals surface area contributed by atoms with Crippen LogP contribution in [0.5, 0.6) is 0 Å². The Morgan fingerprint density at radius 1 is 1.20 bits per heavy atom. The van der Waals surface area contributed by atoms with Gasteiger partial charge in [0.2, 0.25) is 0 Å². The number of amides is 2. The van der Waals surface area contributed by atoms with Gasteiger partial charge in [0.15, 0.2) is 5.72 Å². The van der Waals surface area contributed by atoms with Gasteiger partial charge in [0, 0.05) is 12.6 Å². The number of hydrogen-bond donors (Lipinski definition) is 1. The van der Waals surface area contributed by atoms with Gasteiger partial charge in [-0.2, -0.15) is 0 Å². The Balaban J connectivity index is 3.28. The van der Waals surface area contributed by atoms with Crippen molar-refractivity contribution in [1.29, 1.82) is 0 Å². The molecule has 0 aromatic carbocycles. The first-order chi connectivity index (χ1) is 6.44. The van der Waals surface area contributed by atoms with Gasteiger partial charge in [-0.05, 0) is 41.5 Å². The van der Waals surface area contributed by atoms with Crippen LogP contribution in [0.1, 0.15) is 41.5 Å². The molecule has 1 saturated heterocycles. The zero-order valence-electron chi connectivity index (χ0n) is 10.7. The highest BCUT2D eigenvalue weighted by Gasteiger charge is 2.60. The molecule has 1 heterocycles. The summed E-state index contributed by atoms with van der Waals surface area (Å²) < 4.78 is 0. The Bertz CT molecular complexity index is 289. The van der Waals surface area contributed by atoms with E-state index in [4.69, 9.17) is 0 Å². The summed E-state index contributed by atoms with van der Waals surface area (Å²) in [5.74, 6) is 0. The van der Waals surface area contributed by atoms with Gasteiger partial charge in [-0.25, -0.2) is 4.79 Å². The van der Waals surface area contributed by atoms with Crippen molar-refractivity contribution in [2.24, 2.45) is 0 Å². The second-order valence-electron chi connectivity index (χ2n) is 5.93. The molecule has 0 spiro atoms. The van der Waals surface area contributed by atoms with Gasteiger partial charge in [0.1, 0.15) is 0 Å². The molecule has 1 atom stereocenters. The van der Waals surface area contributed by atoms with Gasteiger partial charge >= 0.3 is 6.03 Å². The molecule has 1 aliphatic rings. The highest BCUT2D eigenvalue weighted by Crippen LogP contribution is 2.42. The van der Waals surface area contributed by atoms with E-state index in [1.54, 1.807) is 23.8 Å². The molecule has 15 heavy (non-hydrogen) atoms. The van der Waals surface area contributed by atoms with Crippen molar-refractivity contribution in [1.82, 2.24) is 9.80 Å². The van der Waals surface area contributed by atoms with Crippen molar-refractivity contribution in [3.63, 3.8) is 0 Å². The van der Waals surface area contributed by atoms with Crippen LogP contribution >= 0.6 is 0 Å². The zero-order valence-corrected chi connectivity index (χ0v) is 10.7. The maximum atomic E-state index is 12.1. The summed E-state index contributed by atoms with van der Waals surface area (Å²) >= 11 is 0. The molecule has 1 unspecified atom stereocenters. The smallest absolute Gasteiger partial charge is 0.323 e. The number of nitrogens with zero attached hydrogens (tertiary/aromatic N) is 2. The molecule has 0 bridgehead atoms. The molecule has 1 N–H and O–H groups in total. The Labute approximate surface area is 91.9 Å². The van der Waals surface area contributed by atoms with Crippen molar-refractivity contribution in [2.45, 2.75) is 58.3 Å². The third-order valence-electron chi connectivity index (χ3n) is 3.58. The highest BCUT2D eigenvalue weighted by atomic mass is 16.3. The Hall–Kier alpha value is -0.770. The van der Waals surface area contributed by atoms with E-state index in [9.17, 15) is 9.90 Å². The van der Waals surface area contributed by atoms with Crippen molar-refractivity contribution < 1.29 is 9.90 Å². The van der Waals surface area contributed by atoms with E-state index in [1.165, 1.54) is 0 Å². The summed E-state index contributed by atoms with van der Waals surface area (Å²) in [7, 11) is 1.72. The largest absolute Gasteiger partial charge is 0.369 e. The molecule has 0 saturated carbocycles. The number of rotatable bonds is 0. The second-order valence-corrected chi connectivity index (χ2v) is 5.93. The van der Waals surface area contributed by atoms with E-state index in [1.807, 2.05) is 34.6 Å². The minimum Gasteiger partial charge on any atom is -0.369 e. The summed E-state index contributed by atoms with van der Waals surface area (Å²) in [6.07, 6.45) is 0. The van der Waals surface area contributed by atoms with Gasteiger partial charge in [-0.3, -0.25) is 4.90 Å². The van der Waals surface area contributed by atoms with Gasteiger partial charge in [-0.1, -0.05) is 0 Å². The van der Waals surface area contributed by atoms with Crippen LogP contribution in [0.25, 0.3) is 0 Å². The number of hydrogen-bond acceptors (Lipinski definition) is 2. The molecule has 88 valence electrons. The van der Waals surface area contributed by atoms with Crippen LogP contribution in [0.2, 0.25) is 0 Å². The molecular weight excluding hydrogens is 192 g/mol. The summed E-state index contributed by atoms with van der Waals surface area (Å²) in [6, 6.07) is -0.127. The van der Waals surface area contributed by atoms with Crippen LogP contribution in [0.3, 0.4) is 0 Å². The molecular formula is C11H22N2O2. The first kappa shape index (κ1) is 12.3. The summed E-state index contributed by atoms with van der Waals surface area (Å²) in [5, 5.41) is 10.5. The average molecular weight is 214 g/mol. The zero-order chi connectivity index (χ0) is 12.2. The lowest BCUT2D eigenvalue weighted by molar-refractivity contribution is -0.128. The number of carbonyl (C=O) groups is 1. The Morgan fingerprint density at radius 3 is 1.73 bits per heavy atom. The van der Waals surface area contributed by atoms with Gasteiger partial charge in [-0.15, -0.1) is 0 Å². The SMILES string of the molecule is CN1C(=O)N(C(C)(C)C)C(C)(O)C1(C)C. The lowest BCUT2D eigenvalue weighted by Crippen LogP contribution is -2.60. The third kappa shape index (κ3) is 1.42.